The van der Waals surface area contributed by atoms with Crippen LogP contribution in [-0.4, -0.2) is 23.6 Å². The second-order valence-electron chi connectivity index (χ2n) is 6.60. The first-order valence-corrected chi connectivity index (χ1v) is 9.45. The van der Waals surface area contributed by atoms with E-state index in [0.29, 0.717) is 10.2 Å². The summed E-state index contributed by atoms with van der Waals surface area (Å²) in [4.78, 5) is 20.8. The molecule has 0 amide bonds. The van der Waals surface area contributed by atoms with Gasteiger partial charge in [0.15, 0.2) is 9.84 Å². The molecule has 21 heavy (non-hydrogen) atoms. The topological polar surface area (TPSA) is 79.9 Å². The van der Waals surface area contributed by atoms with Crippen molar-refractivity contribution in [3.05, 3.63) is 27.1 Å². The molecule has 1 aliphatic rings. The molecular weight excluding hydrogens is 308 g/mol. The number of rotatable bonds is 3. The van der Waals surface area contributed by atoms with Gasteiger partial charge in [0.2, 0.25) is 0 Å². The summed E-state index contributed by atoms with van der Waals surface area (Å²) in [5.41, 5.74) is -0.314. The first-order chi connectivity index (χ1) is 9.67. The lowest BCUT2D eigenvalue weighted by atomic mass is 9.94. The maximum Gasteiger partial charge on any atom is 0.259 e. The van der Waals surface area contributed by atoms with E-state index in [1.54, 1.807) is 0 Å². The van der Waals surface area contributed by atoms with E-state index in [4.69, 9.17) is 0 Å². The first-order valence-electron chi connectivity index (χ1n) is 6.91. The number of sulfone groups is 1. The molecule has 1 fully saturated rings. The molecule has 2 aromatic rings. The Kier molecular flexibility index (Phi) is 3.25. The molecule has 5 nitrogen and oxygen atoms in total. The van der Waals surface area contributed by atoms with E-state index in [1.165, 1.54) is 11.3 Å². The van der Waals surface area contributed by atoms with Crippen molar-refractivity contribution < 1.29 is 8.42 Å². The van der Waals surface area contributed by atoms with Crippen molar-refractivity contribution in [1.82, 2.24) is 9.97 Å². The van der Waals surface area contributed by atoms with Crippen LogP contribution < -0.4 is 5.56 Å². The number of hydrogen-bond acceptors (Lipinski definition) is 5. The quantitative estimate of drug-likeness (QED) is 0.939. The van der Waals surface area contributed by atoms with Gasteiger partial charge in [0.05, 0.1) is 10.6 Å². The number of nitrogens with zero attached hydrogens (tertiary/aromatic N) is 1. The van der Waals surface area contributed by atoms with Crippen LogP contribution in [-0.2, 0) is 21.0 Å². The normalized spacial score (nSPS) is 16.5. The van der Waals surface area contributed by atoms with Crippen LogP contribution in [0.1, 0.15) is 44.3 Å². The van der Waals surface area contributed by atoms with Crippen molar-refractivity contribution in [3.63, 3.8) is 0 Å². The number of thiophene rings is 1. The van der Waals surface area contributed by atoms with Crippen molar-refractivity contribution in [2.45, 2.75) is 50.0 Å². The van der Waals surface area contributed by atoms with Gasteiger partial charge in [0, 0.05) is 4.88 Å². The van der Waals surface area contributed by atoms with Gasteiger partial charge in [0.1, 0.15) is 16.4 Å². The summed E-state index contributed by atoms with van der Waals surface area (Å²) < 4.78 is 24.0. The number of hydrogen-bond donors (Lipinski definition) is 1. The predicted octanol–water partition coefficient (Wildman–Crippen LogP) is 2.36. The molecule has 7 heteroatoms. The van der Waals surface area contributed by atoms with Crippen molar-refractivity contribution in [3.8, 4) is 0 Å². The van der Waals surface area contributed by atoms with Gasteiger partial charge in [-0.05, 0) is 24.3 Å². The average molecular weight is 326 g/mol. The van der Waals surface area contributed by atoms with E-state index in [0.717, 1.165) is 17.7 Å². The third kappa shape index (κ3) is 2.89. The Hall–Kier alpha value is -1.21. The van der Waals surface area contributed by atoms with Gasteiger partial charge in [-0.2, -0.15) is 0 Å². The number of aromatic amines is 1. The van der Waals surface area contributed by atoms with E-state index in [2.05, 4.69) is 30.7 Å². The SMILES string of the molecule is CC(C)(C)c1cc2c(=O)[nH]c(CS(=O)(=O)C3CC3)nc2s1. The van der Waals surface area contributed by atoms with E-state index in [-0.39, 0.29) is 27.8 Å². The summed E-state index contributed by atoms with van der Waals surface area (Å²) in [6.07, 6.45) is 1.45. The minimum atomic E-state index is -3.18. The monoisotopic (exact) mass is 326 g/mol. The maximum atomic E-state index is 12.1. The molecule has 1 N–H and O–H groups in total. The number of aromatic nitrogens is 2. The lowest BCUT2D eigenvalue weighted by molar-refractivity contribution is 0.592. The molecule has 3 rings (SSSR count). The molecule has 0 radical (unpaired) electrons. The molecule has 1 saturated carbocycles. The highest BCUT2D eigenvalue weighted by atomic mass is 32.2. The summed E-state index contributed by atoms with van der Waals surface area (Å²) in [5.74, 6) is 0.0766. The smallest absolute Gasteiger partial charge is 0.259 e. The van der Waals surface area contributed by atoms with Crippen LogP contribution in [0.3, 0.4) is 0 Å². The second-order valence-corrected chi connectivity index (χ2v) is 9.91. The van der Waals surface area contributed by atoms with E-state index in [1.807, 2.05) is 6.07 Å². The summed E-state index contributed by atoms with van der Waals surface area (Å²) in [6.45, 7) is 6.22. The van der Waals surface area contributed by atoms with Crippen molar-refractivity contribution in [2.24, 2.45) is 0 Å². The molecule has 0 saturated heterocycles. The zero-order valence-corrected chi connectivity index (χ0v) is 13.9. The molecule has 0 spiro atoms. The van der Waals surface area contributed by atoms with Crippen LogP contribution in [0.5, 0.6) is 0 Å². The molecule has 2 heterocycles. The fourth-order valence-corrected chi connectivity index (χ4v) is 4.87. The summed E-state index contributed by atoms with van der Waals surface area (Å²) in [5, 5.41) is 0.296. The molecule has 1 aliphatic carbocycles. The van der Waals surface area contributed by atoms with Crippen molar-refractivity contribution in [2.75, 3.05) is 0 Å². The van der Waals surface area contributed by atoms with Crippen LogP contribution in [0.25, 0.3) is 10.2 Å². The van der Waals surface area contributed by atoms with E-state index >= 15 is 0 Å². The fraction of sp³-hybridized carbons (Fsp3) is 0.571. The summed E-state index contributed by atoms with van der Waals surface area (Å²) in [6, 6.07) is 1.85. The average Bonchev–Trinajstić information content (AvgIpc) is 3.08. The predicted molar refractivity (Wildman–Crippen MR) is 84.6 cm³/mol. The van der Waals surface area contributed by atoms with Crippen LogP contribution >= 0.6 is 11.3 Å². The van der Waals surface area contributed by atoms with Gasteiger partial charge in [-0.1, -0.05) is 20.8 Å². The third-order valence-electron chi connectivity index (χ3n) is 3.56. The molecule has 114 valence electrons. The lowest BCUT2D eigenvalue weighted by Crippen LogP contribution is -2.16. The van der Waals surface area contributed by atoms with Crippen molar-refractivity contribution >= 4 is 31.4 Å². The highest BCUT2D eigenvalue weighted by molar-refractivity contribution is 7.91. The maximum absolute atomic E-state index is 12.1. The summed E-state index contributed by atoms with van der Waals surface area (Å²) >= 11 is 1.46. The Labute approximate surface area is 127 Å². The van der Waals surface area contributed by atoms with Gasteiger partial charge in [-0.3, -0.25) is 4.79 Å². The van der Waals surface area contributed by atoms with Gasteiger partial charge in [-0.25, -0.2) is 13.4 Å². The molecule has 0 atom stereocenters. The lowest BCUT2D eigenvalue weighted by Gasteiger charge is -2.14. The van der Waals surface area contributed by atoms with Gasteiger partial charge >= 0.3 is 0 Å². The standard InChI is InChI=1S/C14H18N2O3S2/c1-14(2,3)10-6-9-12(17)15-11(16-13(9)20-10)7-21(18,19)8-4-5-8/h6,8H,4-5,7H2,1-3H3,(H,15,16,17). The van der Waals surface area contributed by atoms with Gasteiger partial charge in [0.25, 0.3) is 5.56 Å². The molecule has 0 aliphatic heterocycles. The highest BCUT2D eigenvalue weighted by Gasteiger charge is 2.36. The van der Waals surface area contributed by atoms with Gasteiger partial charge < -0.3 is 4.98 Å². The molecule has 0 bridgehead atoms. The largest absolute Gasteiger partial charge is 0.309 e. The second kappa shape index (κ2) is 4.64. The third-order valence-corrected chi connectivity index (χ3v) is 7.18. The molecule has 2 aromatic heterocycles. The van der Waals surface area contributed by atoms with E-state index in [9.17, 15) is 13.2 Å². The Morgan fingerprint density at radius 2 is 2.05 bits per heavy atom. The number of fused-ring (bicyclic) bond motifs is 1. The Balaban J connectivity index is 2.04. The van der Waals surface area contributed by atoms with Crippen LogP contribution in [0.2, 0.25) is 0 Å². The number of nitrogens with one attached hydrogen (secondary N) is 1. The van der Waals surface area contributed by atoms with E-state index < -0.39 is 9.84 Å². The van der Waals surface area contributed by atoms with Crippen LogP contribution in [0.15, 0.2) is 10.9 Å². The minimum Gasteiger partial charge on any atom is -0.309 e. The highest BCUT2D eigenvalue weighted by Crippen LogP contribution is 2.33. The summed E-state index contributed by atoms with van der Waals surface area (Å²) in [7, 11) is -3.18. The Bertz CT molecular complexity index is 852. The van der Waals surface area contributed by atoms with Gasteiger partial charge in [-0.15, -0.1) is 11.3 Å². The first kappa shape index (κ1) is 14.7. The zero-order chi connectivity index (χ0) is 15.4. The Morgan fingerprint density at radius 1 is 1.38 bits per heavy atom. The molecule has 0 aromatic carbocycles. The molecular formula is C14H18N2O3S2. The Morgan fingerprint density at radius 3 is 2.62 bits per heavy atom. The minimum absolute atomic E-state index is 0.0575. The zero-order valence-electron chi connectivity index (χ0n) is 12.3. The van der Waals surface area contributed by atoms with Crippen LogP contribution in [0.4, 0.5) is 0 Å². The fourth-order valence-electron chi connectivity index (χ4n) is 2.15. The van der Waals surface area contributed by atoms with Crippen molar-refractivity contribution in [1.29, 1.82) is 0 Å². The number of H-pyrrole nitrogens is 1. The van der Waals surface area contributed by atoms with Crippen LogP contribution in [0, 0.1) is 0 Å². The molecule has 0 unspecified atom stereocenters.